The molecule has 4 rings (SSSR count). The van der Waals surface area contributed by atoms with Crippen molar-refractivity contribution in [3.8, 4) is 11.3 Å². The van der Waals surface area contributed by atoms with E-state index in [0.717, 1.165) is 12.1 Å². The molecule has 216 valence electrons. The van der Waals surface area contributed by atoms with E-state index in [1.54, 1.807) is 13.8 Å². The van der Waals surface area contributed by atoms with Crippen molar-refractivity contribution in [3.05, 3.63) is 45.9 Å². The van der Waals surface area contributed by atoms with E-state index in [0.29, 0.717) is 13.1 Å². The molecular weight excluding hydrogens is 566 g/mol. The van der Waals surface area contributed by atoms with Gasteiger partial charge in [-0.1, -0.05) is 11.6 Å². The fraction of sp³-hybridized carbons (Fsp3) is 0.440. The average Bonchev–Trinajstić information content (AvgIpc) is 2.81. The van der Waals surface area contributed by atoms with Crippen LogP contribution in [0.3, 0.4) is 0 Å². The van der Waals surface area contributed by atoms with Crippen molar-refractivity contribution in [2.45, 2.75) is 45.1 Å². The number of nitrogens with zero attached hydrogens (tertiary/aromatic N) is 5. The normalized spacial score (nSPS) is 15.6. The minimum absolute atomic E-state index is 0.0100. The number of amides is 1. The van der Waals surface area contributed by atoms with Crippen LogP contribution in [0.4, 0.5) is 37.0 Å². The van der Waals surface area contributed by atoms with E-state index < -0.39 is 41.1 Å². The number of carboxylic acid groups (broad SMARTS) is 1. The highest BCUT2D eigenvalue weighted by Gasteiger charge is 2.39. The van der Waals surface area contributed by atoms with Gasteiger partial charge < -0.3 is 15.7 Å². The summed E-state index contributed by atoms with van der Waals surface area (Å²) >= 11 is 6.43. The average molecular weight is 591 g/mol. The lowest BCUT2D eigenvalue weighted by molar-refractivity contribution is -0.145. The van der Waals surface area contributed by atoms with Crippen molar-refractivity contribution < 1.29 is 36.2 Å². The van der Waals surface area contributed by atoms with Gasteiger partial charge in [-0.05, 0) is 44.5 Å². The van der Waals surface area contributed by atoms with Gasteiger partial charge in [-0.15, -0.1) is 0 Å². The van der Waals surface area contributed by atoms with E-state index in [9.17, 15) is 36.2 Å². The number of aromatic nitrogens is 3. The van der Waals surface area contributed by atoms with Crippen LogP contribution in [-0.2, 0) is 18.8 Å². The Morgan fingerprint density at radius 3 is 2.17 bits per heavy atom. The van der Waals surface area contributed by atoms with Crippen molar-refractivity contribution in [2.24, 2.45) is 0 Å². The summed E-state index contributed by atoms with van der Waals surface area (Å²) in [5.41, 5.74) is 2.42. The molecule has 15 heteroatoms. The third kappa shape index (κ3) is 5.87. The molecule has 0 spiro atoms. The van der Waals surface area contributed by atoms with E-state index in [-0.39, 0.29) is 58.1 Å². The van der Waals surface area contributed by atoms with Gasteiger partial charge >= 0.3 is 18.4 Å². The van der Waals surface area contributed by atoms with Crippen LogP contribution < -0.4 is 5.73 Å². The first-order valence-electron chi connectivity index (χ1n) is 12.0. The molecule has 40 heavy (non-hydrogen) atoms. The van der Waals surface area contributed by atoms with Gasteiger partial charge in [0.2, 0.25) is 5.82 Å². The number of alkyl halides is 6. The standard InChI is InChI=1S/C25H25ClF6N6O2/c1-12-8-18(33)36-20(19(12)24(27,28)29)13-10-16-14(9-15(13)26)17(35-21(34-16)25(30,31)32)11-23(2,3)38-6-4-37(5-7-38)22(39)40/h8-10H,4-7,11H2,1-3H3,(H2,33,36)(H,39,40). The molecule has 1 aliphatic rings. The van der Waals surface area contributed by atoms with Gasteiger partial charge in [-0.2, -0.15) is 26.3 Å². The minimum Gasteiger partial charge on any atom is -0.465 e. The number of nitrogens with two attached hydrogens (primary N) is 1. The van der Waals surface area contributed by atoms with Crippen LogP contribution in [0, 0.1) is 6.92 Å². The number of carbonyl (C=O) groups is 1. The maximum absolute atomic E-state index is 13.9. The molecule has 0 aliphatic carbocycles. The van der Waals surface area contributed by atoms with Crippen LogP contribution in [0.2, 0.25) is 5.02 Å². The number of hydrogen-bond acceptors (Lipinski definition) is 6. The summed E-state index contributed by atoms with van der Waals surface area (Å²) in [6, 6.07) is 3.31. The molecule has 0 atom stereocenters. The number of anilines is 1. The smallest absolute Gasteiger partial charge is 0.451 e. The van der Waals surface area contributed by atoms with Crippen molar-refractivity contribution in [2.75, 3.05) is 31.9 Å². The van der Waals surface area contributed by atoms with E-state index in [1.807, 2.05) is 4.90 Å². The number of hydrogen-bond donors (Lipinski definition) is 2. The predicted molar refractivity (Wildman–Crippen MR) is 136 cm³/mol. The fourth-order valence-corrected chi connectivity index (χ4v) is 5.18. The van der Waals surface area contributed by atoms with E-state index >= 15 is 0 Å². The second kappa shape index (κ2) is 10.2. The zero-order chi connectivity index (χ0) is 29.8. The van der Waals surface area contributed by atoms with Gasteiger partial charge in [0, 0.05) is 49.1 Å². The Morgan fingerprint density at radius 2 is 1.62 bits per heavy atom. The summed E-state index contributed by atoms with van der Waals surface area (Å²) in [6.45, 7) is 5.91. The maximum atomic E-state index is 13.9. The number of halogens is 7. The molecular formula is C25H25ClF6N6O2. The molecule has 1 amide bonds. The van der Waals surface area contributed by atoms with Crippen molar-refractivity contribution in [1.82, 2.24) is 24.8 Å². The SMILES string of the molecule is Cc1cc(N)nc(-c2cc3nc(C(F)(F)F)nc(CC(C)(C)N4CCN(C(=O)O)CC4)c3cc2Cl)c1C(F)(F)F. The lowest BCUT2D eigenvalue weighted by Crippen LogP contribution is -2.56. The van der Waals surface area contributed by atoms with Crippen LogP contribution in [0.5, 0.6) is 0 Å². The molecule has 8 nitrogen and oxygen atoms in total. The summed E-state index contributed by atoms with van der Waals surface area (Å²) in [5.74, 6) is -1.68. The Bertz CT molecular complexity index is 1470. The number of fused-ring (bicyclic) bond motifs is 1. The summed E-state index contributed by atoms with van der Waals surface area (Å²) in [4.78, 5) is 25.7. The summed E-state index contributed by atoms with van der Waals surface area (Å²) in [6.07, 6.45) is -10.9. The molecule has 0 saturated carbocycles. The lowest BCUT2D eigenvalue weighted by Gasteiger charge is -2.43. The highest BCUT2D eigenvalue weighted by atomic mass is 35.5. The summed E-state index contributed by atoms with van der Waals surface area (Å²) in [7, 11) is 0. The van der Waals surface area contributed by atoms with Crippen molar-refractivity contribution in [1.29, 1.82) is 0 Å². The molecule has 3 heterocycles. The Labute approximate surface area is 229 Å². The zero-order valence-electron chi connectivity index (χ0n) is 21.6. The maximum Gasteiger partial charge on any atom is 0.451 e. The topological polar surface area (TPSA) is 108 Å². The fourth-order valence-electron chi connectivity index (χ4n) is 4.93. The largest absolute Gasteiger partial charge is 0.465 e. The Morgan fingerprint density at radius 1 is 1.00 bits per heavy atom. The van der Waals surface area contributed by atoms with E-state index in [4.69, 9.17) is 17.3 Å². The Kier molecular flexibility index (Phi) is 7.56. The first-order chi connectivity index (χ1) is 18.4. The van der Waals surface area contributed by atoms with Gasteiger partial charge in [-0.3, -0.25) is 4.90 Å². The number of nitrogen functional groups attached to an aromatic ring is 1. The number of benzene rings is 1. The zero-order valence-corrected chi connectivity index (χ0v) is 22.3. The number of rotatable bonds is 4. The highest BCUT2D eigenvalue weighted by molar-refractivity contribution is 6.34. The number of pyridine rings is 1. The molecule has 1 fully saturated rings. The van der Waals surface area contributed by atoms with Crippen molar-refractivity contribution in [3.63, 3.8) is 0 Å². The molecule has 0 unspecified atom stereocenters. The lowest BCUT2D eigenvalue weighted by atomic mass is 9.92. The molecule has 1 saturated heterocycles. The van der Waals surface area contributed by atoms with Crippen LogP contribution in [0.1, 0.15) is 36.5 Å². The third-order valence-corrected chi connectivity index (χ3v) is 7.21. The van der Waals surface area contributed by atoms with Gasteiger partial charge in [0.1, 0.15) is 5.82 Å². The van der Waals surface area contributed by atoms with Gasteiger partial charge in [0.15, 0.2) is 0 Å². The van der Waals surface area contributed by atoms with Crippen LogP contribution in [0.15, 0.2) is 18.2 Å². The first-order valence-corrected chi connectivity index (χ1v) is 12.4. The third-order valence-electron chi connectivity index (χ3n) is 6.90. The predicted octanol–water partition coefficient (Wildman–Crippen LogP) is 5.89. The Balaban J connectivity index is 1.86. The Hall–Kier alpha value is -3.39. The van der Waals surface area contributed by atoms with Gasteiger partial charge in [0.05, 0.1) is 27.5 Å². The number of aryl methyl sites for hydroxylation is 1. The second-order valence-electron chi connectivity index (χ2n) is 10.2. The molecule has 1 aliphatic heterocycles. The van der Waals surface area contributed by atoms with E-state index in [1.165, 1.54) is 17.9 Å². The van der Waals surface area contributed by atoms with Crippen molar-refractivity contribution >= 4 is 34.4 Å². The summed E-state index contributed by atoms with van der Waals surface area (Å²) in [5, 5.41) is 9.14. The second-order valence-corrected chi connectivity index (χ2v) is 10.6. The molecule has 1 aromatic carbocycles. The van der Waals surface area contributed by atoms with Crippen LogP contribution in [-0.4, -0.2) is 67.7 Å². The van der Waals surface area contributed by atoms with Crippen LogP contribution >= 0.6 is 11.6 Å². The van der Waals surface area contributed by atoms with Gasteiger partial charge in [-0.25, -0.2) is 19.7 Å². The van der Waals surface area contributed by atoms with Gasteiger partial charge in [0.25, 0.3) is 0 Å². The summed E-state index contributed by atoms with van der Waals surface area (Å²) < 4.78 is 83.3. The monoisotopic (exact) mass is 590 g/mol. The van der Waals surface area contributed by atoms with E-state index in [2.05, 4.69) is 15.0 Å². The quantitative estimate of drug-likeness (QED) is 0.365. The first kappa shape index (κ1) is 29.6. The molecule has 3 aromatic rings. The molecule has 2 aromatic heterocycles. The molecule has 0 bridgehead atoms. The number of piperazine rings is 1. The van der Waals surface area contributed by atoms with Crippen LogP contribution in [0.25, 0.3) is 22.2 Å². The minimum atomic E-state index is -4.94. The molecule has 3 N–H and O–H groups in total. The molecule has 0 radical (unpaired) electrons. The highest BCUT2D eigenvalue weighted by Crippen LogP contribution is 2.43.